The van der Waals surface area contributed by atoms with E-state index in [-0.39, 0.29) is 23.5 Å². The van der Waals surface area contributed by atoms with Crippen molar-refractivity contribution in [1.82, 2.24) is 16.3 Å². The van der Waals surface area contributed by atoms with Gasteiger partial charge in [-0.3, -0.25) is 20.4 Å². The third-order valence-corrected chi connectivity index (χ3v) is 4.82. The minimum Gasteiger partial charge on any atom is -0.455 e. The molecule has 1 aliphatic rings. The number of benzene rings is 1. The van der Waals surface area contributed by atoms with Crippen molar-refractivity contribution in [3.8, 4) is 0 Å². The summed E-state index contributed by atoms with van der Waals surface area (Å²) < 4.78 is 5.83. The monoisotopic (exact) mass is 411 g/mol. The topological polar surface area (TPSA) is 139 Å². The van der Waals surface area contributed by atoms with Crippen molar-refractivity contribution in [2.45, 2.75) is 40.0 Å². The number of urea groups is 1. The number of hydrogen-bond acceptors (Lipinski definition) is 5. The van der Waals surface area contributed by atoms with Crippen LogP contribution < -0.4 is 22.0 Å². The van der Waals surface area contributed by atoms with Crippen LogP contribution in [0.4, 0.5) is 4.79 Å². The molecule has 0 fully saturated rings. The van der Waals surface area contributed by atoms with Gasteiger partial charge in [0.15, 0.2) is 5.76 Å². The van der Waals surface area contributed by atoms with Crippen molar-refractivity contribution in [1.29, 1.82) is 0 Å². The molecule has 0 saturated carbocycles. The number of fused-ring (bicyclic) bond motifs is 1. The average molecular weight is 411 g/mol. The van der Waals surface area contributed by atoms with Gasteiger partial charge < -0.3 is 10.2 Å². The summed E-state index contributed by atoms with van der Waals surface area (Å²) in [6, 6.07) is 8.43. The van der Waals surface area contributed by atoms with Gasteiger partial charge in [-0.05, 0) is 24.3 Å². The van der Waals surface area contributed by atoms with Crippen LogP contribution >= 0.6 is 0 Å². The number of primary amides is 1. The van der Waals surface area contributed by atoms with Gasteiger partial charge in [-0.15, -0.1) is 0 Å². The fourth-order valence-corrected chi connectivity index (χ4v) is 3.56. The normalized spacial score (nSPS) is 15.9. The van der Waals surface area contributed by atoms with Gasteiger partial charge in [-0.2, -0.15) is 5.10 Å². The van der Waals surface area contributed by atoms with E-state index in [0.29, 0.717) is 35.4 Å². The van der Waals surface area contributed by atoms with E-state index in [1.165, 1.54) is 0 Å². The molecule has 3 rings (SSSR count). The molecule has 0 bridgehead atoms. The predicted octanol–water partition coefficient (Wildman–Crippen LogP) is 1.94. The second kappa shape index (κ2) is 8.40. The van der Waals surface area contributed by atoms with Crippen LogP contribution in [-0.4, -0.2) is 23.6 Å². The lowest BCUT2D eigenvalue weighted by molar-refractivity contribution is -0.121. The fourth-order valence-electron chi connectivity index (χ4n) is 3.56. The summed E-state index contributed by atoms with van der Waals surface area (Å²) in [5, 5.41) is 4.10. The lowest BCUT2D eigenvalue weighted by Gasteiger charge is -2.29. The molecule has 1 aromatic carbocycles. The van der Waals surface area contributed by atoms with Crippen LogP contribution in [0.2, 0.25) is 0 Å². The van der Waals surface area contributed by atoms with Crippen LogP contribution in [0.5, 0.6) is 0 Å². The molecule has 5 N–H and O–H groups in total. The smallest absolute Gasteiger partial charge is 0.332 e. The number of nitrogens with zero attached hydrogens (tertiary/aromatic N) is 1. The molecule has 0 aliphatic heterocycles. The molecule has 4 amide bonds. The maximum absolute atomic E-state index is 12.6. The number of rotatable bonds is 4. The molecule has 1 heterocycles. The highest BCUT2D eigenvalue weighted by molar-refractivity contribution is 6.07. The second-order valence-corrected chi connectivity index (χ2v) is 8.07. The van der Waals surface area contributed by atoms with Crippen molar-refractivity contribution in [2.24, 2.45) is 16.3 Å². The highest BCUT2D eigenvalue weighted by Crippen LogP contribution is 2.38. The number of carbonyl (C=O) groups is 3. The van der Waals surface area contributed by atoms with Gasteiger partial charge in [-0.1, -0.05) is 44.2 Å². The van der Waals surface area contributed by atoms with Crippen LogP contribution in [0.3, 0.4) is 0 Å². The summed E-state index contributed by atoms with van der Waals surface area (Å²) in [6.07, 6.45) is 1.32. The average Bonchev–Trinajstić information content (AvgIpc) is 3.00. The first-order valence-electron chi connectivity index (χ1n) is 9.54. The van der Waals surface area contributed by atoms with Crippen LogP contribution in [-0.2, 0) is 17.6 Å². The zero-order valence-electron chi connectivity index (χ0n) is 17.2. The molecule has 0 atom stereocenters. The largest absolute Gasteiger partial charge is 0.455 e. The van der Waals surface area contributed by atoms with E-state index < -0.39 is 11.9 Å². The molecule has 0 saturated heterocycles. The van der Waals surface area contributed by atoms with Crippen LogP contribution in [0.15, 0.2) is 39.9 Å². The molecule has 9 heteroatoms. The van der Waals surface area contributed by atoms with Gasteiger partial charge in [0, 0.05) is 17.5 Å². The number of hydrogen-bond donors (Lipinski definition) is 4. The van der Waals surface area contributed by atoms with E-state index in [9.17, 15) is 14.4 Å². The van der Waals surface area contributed by atoms with Gasteiger partial charge in [0.1, 0.15) is 5.76 Å². The number of nitrogens with one attached hydrogen (secondary N) is 3. The number of hydrazone groups is 1. The Balaban J connectivity index is 1.75. The van der Waals surface area contributed by atoms with Crippen LogP contribution in [0.25, 0.3) is 0 Å². The van der Waals surface area contributed by atoms with Gasteiger partial charge >= 0.3 is 11.9 Å². The Labute approximate surface area is 174 Å². The van der Waals surface area contributed by atoms with E-state index in [4.69, 9.17) is 10.2 Å². The minimum absolute atomic E-state index is 0.0875. The number of nitrogens with two attached hydrogens (primary N) is 1. The summed E-state index contributed by atoms with van der Waals surface area (Å²) in [4.78, 5) is 35.8. The lowest BCUT2D eigenvalue weighted by Crippen LogP contribution is -2.42. The van der Waals surface area contributed by atoms with E-state index in [0.717, 1.165) is 5.56 Å². The van der Waals surface area contributed by atoms with Gasteiger partial charge in [0.25, 0.3) is 0 Å². The first-order chi connectivity index (χ1) is 14.2. The summed E-state index contributed by atoms with van der Waals surface area (Å²) in [5.41, 5.74) is 14.7. The molecule has 1 aromatic heterocycles. The Bertz CT molecular complexity index is 1010. The first kappa shape index (κ1) is 21.1. The quantitative estimate of drug-likeness (QED) is 0.571. The Kier molecular flexibility index (Phi) is 5.91. The molecule has 9 nitrogen and oxygen atoms in total. The molecule has 0 spiro atoms. The molecule has 30 heavy (non-hydrogen) atoms. The summed E-state index contributed by atoms with van der Waals surface area (Å²) in [7, 11) is 0. The highest BCUT2D eigenvalue weighted by Gasteiger charge is 2.36. The lowest BCUT2D eigenvalue weighted by atomic mass is 9.75. The summed E-state index contributed by atoms with van der Waals surface area (Å²) in [5.74, 6) is -0.222. The summed E-state index contributed by atoms with van der Waals surface area (Å²) >= 11 is 0. The van der Waals surface area contributed by atoms with Gasteiger partial charge in [-0.25, -0.2) is 10.2 Å². The van der Waals surface area contributed by atoms with E-state index >= 15 is 0 Å². The van der Waals surface area contributed by atoms with E-state index in [1.54, 1.807) is 6.92 Å². The first-order valence-corrected chi connectivity index (χ1v) is 9.54. The van der Waals surface area contributed by atoms with Crippen molar-refractivity contribution >= 4 is 23.6 Å². The third kappa shape index (κ3) is 4.86. The fraction of sp³-hybridized carbons (Fsp3) is 0.333. The third-order valence-electron chi connectivity index (χ3n) is 4.82. The predicted molar refractivity (Wildman–Crippen MR) is 111 cm³/mol. The number of carbonyl (C=O) groups excluding carboxylic acids is 3. The standard InChI is InChI=1S/C21H25N5O4/c1-12-17-14(23-26-20(22)29)10-21(2,3)11-15(17)30-18(12)19(28)25-24-16(27)9-13-7-5-4-6-8-13/h4-8H,9-11H2,1-3H3,(H,24,27)(H,25,28)(H3,22,26,29)/b23-14-. The van der Waals surface area contributed by atoms with Crippen LogP contribution in [0.1, 0.15) is 53.3 Å². The Morgan fingerprint density at radius 3 is 2.50 bits per heavy atom. The SMILES string of the molecule is Cc1c(C(=O)NNC(=O)Cc2ccccc2)oc2c1/C(=N\NC(N)=O)CC(C)(C)C2. The van der Waals surface area contributed by atoms with Gasteiger partial charge in [0.2, 0.25) is 5.91 Å². The van der Waals surface area contributed by atoms with Crippen molar-refractivity contribution in [2.75, 3.05) is 0 Å². The van der Waals surface area contributed by atoms with Crippen LogP contribution in [0, 0.1) is 12.3 Å². The zero-order chi connectivity index (χ0) is 21.9. The van der Waals surface area contributed by atoms with Gasteiger partial charge in [0.05, 0.1) is 12.1 Å². The van der Waals surface area contributed by atoms with Crippen molar-refractivity contribution in [3.05, 3.63) is 58.5 Å². The molecule has 0 unspecified atom stereocenters. The summed E-state index contributed by atoms with van der Waals surface area (Å²) in [6.45, 7) is 5.81. The maximum Gasteiger partial charge on any atom is 0.332 e. The number of amides is 4. The van der Waals surface area contributed by atoms with E-state index in [1.807, 2.05) is 44.2 Å². The molecule has 0 radical (unpaired) electrons. The van der Waals surface area contributed by atoms with Crippen molar-refractivity contribution < 1.29 is 18.8 Å². The molecule has 158 valence electrons. The Morgan fingerprint density at radius 1 is 1.13 bits per heavy atom. The minimum atomic E-state index is -0.771. The Hall–Kier alpha value is -3.62. The molecular formula is C21H25N5O4. The second-order valence-electron chi connectivity index (χ2n) is 8.07. The number of hydrazine groups is 1. The van der Waals surface area contributed by atoms with Crippen molar-refractivity contribution in [3.63, 3.8) is 0 Å². The number of furan rings is 1. The zero-order valence-corrected chi connectivity index (χ0v) is 17.2. The molecule has 1 aliphatic carbocycles. The molecule has 2 aromatic rings. The Morgan fingerprint density at radius 2 is 1.83 bits per heavy atom. The maximum atomic E-state index is 12.6. The molecular weight excluding hydrogens is 386 g/mol. The highest BCUT2D eigenvalue weighted by atomic mass is 16.4. The van der Waals surface area contributed by atoms with E-state index in [2.05, 4.69) is 21.4 Å².